The van der Waals surface area contributed by atoms with Gasteiger partial charge in [0.2, 0.25) is 0 Å². The summed E-state index contributed by atoms with van der Waals surface area (Å²) in [5.41, 5.74) is 3.04. The Morgan fingerprint density at radius 2 is 1.52 bits per heavy atom. The molecule has 0 atom stereocenters. The van der Waals surface area contributed by atoms with Gasteiger partial charge in [-0.25, -0.2) is 8.42 Å². The molecule has 4 rings (SSSR count). The van der Waals surface area contributed by atoms with Crippen LogP contribution in [0, 0.1) is 0 Å². The predicted octanol–water partition coefficient (Wildman–Crippen LogP) is 3.69. The van der Waals surface area contributed by atoms with E-state index in [1.807, 2.05) is 24.3 Å². The summed E-state index contributed by atoms with van der Waals surface area (Å²) in [6.45, 7) is 0.653. The van der Waals surface area contributed by atoms with E-state index >= 15 is 0 Å². The van der Waals surface area contributed by atoms with Crippen LogP contribution in [0.4, 0.5) is 11.4 Å². The Hall–Kier alpha value is -3.12. The standard InChI is InChI=1S/C21H18N2O3S/c24-21(23-15-14-16-6-4-5-9-20(16)23)17-10-12-18(13-11-17)22-27(25,26)19-7-2-1-3-8-19/h1-13,22H,14-15H2. The summed E-state index contributed by atoms with van der Waals surface area (Å²) in [5.74, 6) is -0.0857. The molecule has 0 aliphatic carbocycles. The smallest absolute Gasteiger partial charge is 0.261 e. The van der Waals surface area contributed by atoms with Crippen LogP contribution in [0.3, 0.4) is 0 Å². The highest BCUT2D eigenvalue weighted by molar-refractivity contribution is 7.92. The van der Waals surface area contributed by atoms with Crippen molar-refractivity contribution in [1.82, 2.24) is 0 Å². The SMILES string of the molecule is O=C(c1ccc(NS(=O)(=O)c2ccccc2)cc1)N1CCc2ccccc21. The highest BCUT2D eigenvalue weighted by Gasteiger charge is 2.25. The summed E-state index contributed by atoms with van der Waals surface area (Å²) in [6.07, 6.45) is 0.844. The summed E-state index contributed by atoms with van der Waals surface area (Å²) in [5, 5.41) is 0. The second-order valence-corrected chi connectivity index (χ2v) is 8.01. The van der Waals surface area contributed by atoms with Gasteiger partial charge in [0.1, 0.15) is 0 Å². The van der Waals surface area contributed by atoms with E-state index in [1.165, 1.54) is 12.1 Å². The van der Waals surface area contributed by atoms with Crippen LogP contribution < -0.4 is 9.62 Å². The Morgan fingerprint density at radius 1 is 0.852 bits per heavy atom. The Morgan fingerprint density at radius 3 is 2.26 bits per heavy atom. The van der Waals surface area contributed by atoms with Gasteiger partial charge in [-0.3, -0.25) is 9.52 Å². The lowest BCUT2D eigenvalue weighted by atomic mass is 10.1. The van der Waals surface area contributed by atoms with Gasteiger partial charge in [0.15, 0.2) is 0 Å². The number of benzene rings is 3. The first-order valence-electron chi connectivity index (χ1n) is 8.62. The van der Waals surface area contributed by atoms with Gasteiger partial charge in [-0.1, -0.05) is 36.4 Å². The number of para-hydroxylation sites is 1. The molecule has 27 heavy (non-hydrogen) atoms. The molecule has 1 N–H and O–H groups in total. The van der Waals surface area contributed by atoms with Gasteiger partial charge in [0.05, 0.1) is 4.90 Å². The second kappa shape index (κ2) is 6.89. The van der Waals surface area contributed by atoms with Gasteiger partial charge >= 0.3 is 0 Å². The number of amides is 1. The third kappa shape index (κ3) is 3.44. The molecule has 3 aromatic carbocycles. The lowest BCUT2D eigenvalue weighted by Crippen LogP contribution is -2.28. The molecule has 0 spiro atoms. The van der Waals surface area contributed by atoms with Crippen LogP contribution in [0.2, 0.25) is 0 Å². The van der Waals surface area contributed by atoms with Crippen LogP contribution in [0.1, 0.15) is 15.9 Å². The van der Waals surface area contributed by atoms with E-state index in [9.17, 15) is 13.2 Å². The van der Waals surface area contributed by atoms with E-state index in [2.05, 4.69) is 4.72 Å². The zero-order chi connectivity index (χ0) is 18.9. The molecule has 0 saturated carbocycles. The molecule has 0 bridgehead atoms. The maximum Gasteiger partial charge on any atom is 0.261 e. The van der Waals surface area contributed by atoms with E-state index in [0.29, 0.717) is 17.8 Å². The van der Waals surface area contributed by atoms with Crippen LogP contribution in [0.15, 0.2) is 83.8 Å². The number of rotatable bonds is 4. The minimum Gasteiger partial charge on any atom is -0.308 e. The quantitative estimate of drug-likeness (QED) is 0.753. The van der Waals surface area contributed by atoms with Crippen molar-refractivity contribution in [2.45, 2.75) is 11.3 Å². The summed E-state index contributed by atoms with van der Waals surface area (Å²) in [7, 11) is -3.65. The fourth-order valence-corrected chi connectivity index (χ4v) is 4.28. The molecule has 0 saturated heterocycles. The average Bonchev–Trinajstić information content (AvgIpc) is 3.13. The van der Waals surface area contributed by atoms with Gasteiger partial charge in [0, 0.05) is 23.5 Å². The third-order valence-electron chi connectivity index (χ3n) is 4.57. The highest BCUT2D eigenvalue weighted by atomic mass is 32.2. The predicted molar refractivity (Wildman–Crippen MR) is 106 cm³/mol. The zero-order valence-corrected chi connectivity index (χ0v) is 15.3. The van der Waals surface area contributed by atoms with Gasteiger partial charge in [0.25, 0.3) is 15.9 Å². The van der Waals surface area contributed by atoms with Gasteiger partial charge in [-0.15, -0.1) is 0 Å². The zero-order valence-electron chi connectivity index (χ0n) is 14.5. The summed E-state index contributed by atoms with van der Waals surface area (Å²) in [4.78, 5) is 14.8. The number of nitrogens with one attached hydrogen (secondary N) is 1. The first kappa shape index (κ1) is 17.3. The van der Waals surface area contributed by atoms with E-state index in [1.54, 1.807) is 47.4 Å². The molecule has 1 aliphatic heterocycles. The minimum atomic E-state index is -3.65. The summed E-state index contributed by atoms with van der Waals surface area (Å²) < 4.78 is 27.3. The third-order valence-corrected chi connectivity index (χ3v) is 5.97. The Balaban J connectivity index is 1.52. The molecule has 0 fully saturated rings. The number of hydrogen-bond donors (Lipinski definition) is 1. The van der Waals surface area contributed by atoms with Crippen molar-refractivity contribution in [3.8, 4) is 0 Å². The molecule has 1 amide bonds. The normalized spacial score (nSPS) is 13.3. The number of sulfonamides is 1. The molecule has 5 nitrogen and oxygen atoms in total. The molecule has 0 aromatic heterocycles. The molecule has 0 radical (unpaired) electrons. The van der Waals surface area contributed by atoms with Crippen molar-refractivity contribution in [1.29, 1.82) is 0 Å². The average molecular weight is 378 g/mol. The van der Waals surface area contributed by atoms with E-state index in [-0.39, 0.29) is 10.8 Å². The fourth-order valence-electron chi connectivity index (χ4n) is 3.20. The molecule has 1 aliphatic rings. The summed E-state index contributed by atoms with van der Waals surface area (Å²) >= 11 is 0. The molecule has 1 heterocycles. The van der Waals surface area contributed by atoms with Crippen LogP contribution in [-0.2, 0) is 16.4 Å². The second-order valence-electron chi connectivity index (χ2n) is 6.33. The molecular weight excluding hydrogens is 360 g/mol. The first-order chi connectivity index (χ1) is 13.0. The van der Waals surface area contributed by atoms with Crippen molar-refractivity contribution >= 4 is 27.3 Å². The van der Waals surface area contributed by atoms with Gasteiger partial charge in [-0.2, -0.15) is 0 Å². The maximum absolute atomic E-state index is 12.8. The van der Waals surface area contributed by atoms with Crippen LogP contribution in [0.25, 0.3) is 0 Å². The van der Waals surface area contributed by atoms with Crippen molar-refractivity contribution in [3.63, 3.8) is 0 Å². The van der Waals surface area contributed by atoms with Gasteiger partial charge in [-0.05, 0) is 54.4 Å². The van der Waals surface area contributed by atoms with Crippen molar-refractivity contribution in [2.75, 3.05) is 16.2 Å². The lowest BCUT2D eigenvalue weighted by Gasteiger charge is -2.17. The number of carbonyl (C=O) groups is 1. The largest absolute Gasteiger partial charge is 0.308 e. The van der Waals surface area contributed by atoms with E-state index in [0.717, 1.165) is 17.7 Å². The Kier molecular flexibility index (Phi) is 4.41. The highest BCUT2D eigenvalue weighted by Crippen LogP contribution is 2.29. The van der Waals surface area contributed by atoms with Crippen LogP contribution >= 0.6 is 0 Å². The molecular formula is C21H18N2O3S. The maximum atomic E-state index is 12.8. The molecule has 0 unspecified atom stereocenters. The number of carbonyl (C=O) groups excluding carboxylic acids is 1. The summed E-state index contributed by atoms with van der Waals surface area (Å²) in [6, 6.07) is 22.5. The Labute approximate surface area is 158 Å². The minimum absolute atomic E-state index is 0.0857. The lowest BCUT2D eigenvalue weighted by molar-refractivity contribution is 0.0989. The number of anilines is 2. The Bertz CT molecular complexity index is 1080. The monoisotopic (exact) mass is 378 g/mol. The number of hydrogen-bond acceptors (Lipinski definition) is 3. The molecule has 6 heteroatoms. The van der Waals surface area contributed by atoms with E-state index in [4.69, 9.17) is 0 Å². The topological polar surface area (TPSA) is 66.5 Å². The fraction of sp³-hybridized carbons (Fsp3) is 0.0952. The van der Waals surface area contributed by atoms with Crippen molar-refractivity contribution < 1.29 is 13.2 Å². The van der Waals surface area contributed by atoms with Crippen molar-refractivity contribution in [3.05, 3.63) is 90.0 Å². The number of fused-ring (bicyclic) bond motifs is 1. The molecule has 3 aromatic rings. The van der Waals surface area contributed by atoms with E-state index < -0.39 is 10.0 Å². The first-order valence-corrected chi connectivity index (χ1v) is 10.1. The number of nitrogens with zero attached hydrogens (tertiary/aromatic N) is 1. The van der Waals surface area contributed by atoms with Crippen LogP contribution in [-0.4, -0.2) is 20.9 Å². The van der Waals surface area contributed by atoms with Gasteiger partial charge < -0.3 is 4.90 Å². The van der Waals surface area contributed by atoms with Crippen molar-refractivity contribution in [2.24, 2.45) is 0 Å². The molecule has 136 valence electrons. The van der Waals surface area contributed by atoms with Crippen LogP contribution in [0.5, 0.6) is 0 Å².